The molecule has 1 N–H and O–H groups in total. The molecular weight excluding hydrogens is 378 g/mol. The number of nitrogens with one attached hydrogen (secondary N) is 1. The first kappa shape index (κ1) is 19.2. The minimum Gasteiger partial charge on any atom is -0.347 e. The summed E-state index contributed by atoms with van der Waals surface area (Å²) in [6.45, 7) is 0.710. The molecule has 1 saturated carbocycles. The number of ether oxygens (including phenoxy) is 2. The average molecular weight is 394 g/mol. The summed E-state index contributed by atoms with van der Waals surface area (Å²) in [6.07, 6.45) is 2.16. The van der Waals surface area contributed by atoms with E-state index < -0.39 is 51.9 Å². The van der Waals surface area contributed by atoms with E-state index in [4.69, 9.17) is 14.9 Å². The van der Waals surface area contributed by atoms with E-state index in [1.807, 2.05) is 18.2 Å². The van der Waals surface area contributed by atoms with Gasteiger partial charge in [0.1, 0.15) is 17.6 Å². The van der Waals surface area contributed by atoms with Gasteiger partial charge in [0.05, 0.1) is 37.1 Å². The fourth-order valence-electron chi connectivity index (χ4n) is 4.85. The predicted octanol–water partition coefficient (Wildman–Crippen LogP) is 3.33. The number of nitriles is 3. The van der Waals surface area contributed by atoms with Crippen molar-refractivity contribution in [2.24, 2.45) is 17.3 Å². The Hall–Kier alpha value is -3.12. The van der Waals surface area contributed by atoms with Crippen LogP contribution in [0, 0.1) is 68.3 Å². The lowest BCUT2D eigenvalue weighted by Crippen LogP contribution is -2.52. The third-order valence-electron chi connectivity index (χ3n) is 6.13. The molecule has 3 aliphatic rings. The van der Waals surface area contributed by atoms with Gasteiger partial charge in [-0.2, -0.15) is 15.8 Å². The molecule has 1 aromatic carbocycles. The van der Waals surface area contributed by atoms with Gasteiger partial charge in [0.25, 0.3) is 0 Å². The zero-order chi connectivity index (χ0) is 20.8. The summed E-state index contributed by atoms with van der Waals surface area (Å²) in [7, 11) is 0. The fraction of sp³-hybridized carbons (Fsp3) is 0.429. The van der Waals surface area contributed by atoms with E-state index in [0.717, 1.165) is 12.1 Å². The second kappa shape index (κ2) is 6.74. The summed E-state index contributed by atoms with van der Waals surface area (Å²) in [5.74, 6) is -6.03. The second-order valence-corrected chi connectivity index (χ2v) is 7.45. The number of hydrogen-bond donors (Lipinski definition) is 1. The number of benzene rings is 1. The minimum absolute atomic E-state index is 0.133. The van der Waals surface area contributed by atoms with Gasteiger partial charge in [0, 0.05) is 24.3 Å². The highest BCUT2D eigenvalue weighted by atomic mass is 19.1. The van der Waals surface area contributed by atoms with Gasteiger partial charge in [-0.3, -0.25) is 0 Å². The normalized spacial score (nSPS) is 29.3. The minimum atomic E-state index is -2.19. The molecule has 4 rings (SSSR count). The Balaban J connectivity index is 1.99. The second-order valence-electron chi connectivity index (χ2n) is 7.45. The first-order valence-corrected chi connectivity index (χ1v) is 9.16. The van der Waals surface area contributed by atoms with Crippen molar-refractivity contribution in [2.45, 2.75) is 24.5 Å². The number of fused-ring (bicyclic) bond motifs is 1. The summed E-state index contributed by atoms with van der Waals surface area (Å²) in [4.78, 5) is 0. The first-order valence-electron chi connectivity index (χ1n) is 9.16. The highest BCUT2D eigenvalue weighted by Crippen LogP contribution is 2.58. The lowest BCUT2D eigenvalue weighted by Gasteiger charge is -2.48. The Morgan fingerprint density at radius 3 is 2.24 bits per heavy atom. The molecule has 3 atom stereocenters. The van der Waals surface area contributed by atoms with Crippen LogP contribution in [0.15, 0.2) is 29.8 Å². The topological polar surface area (TPSA) is 114 Å². The van der Waals surface area contributed by atoms with Crippen LogP contribution in [-0.2, 0) is 9.47 Å². The summed E-state index contributed by atoms with van der Waals surface area (Å²) in [5.41, 5.74) is -2.59. The lowest BCUT2D eigenvalue weighted by atomic mass is 9.52. The molecule has 0 aromatic heterocycles. The van der Waals surface area contributed by atoms with Crippen LogP contribution in [-0.4, -0.2) is 24.7 Å². The van der Waals surface area contributed by atoms with E-state index in [-0.39, 0.29) is 6.42 Å². The van der Waals surface area contributed by atoms with Crippen LogP contribution in [0.3, 0.4) is 0 Å². The van der Waals surface area contributed by atoms with Gasteiger partial charge in [-0.05, 0) is 23.6 Å². The predicted molar refractivity (Wildman–Crippen MR) is 95.0 cm³/mol. The highest BCUT2D eigenvalue weighted by Gasteiger charge is 2.61. The smallest absolute Gasteiger partial charge is 0.189 e. The van der Waals surface area contributed by atoms with Crippen LogP contribution in [0.25, 0.3) is 0 Å². The fourth-order valence-corrected chi connectivity index (χ4v) is 4.85. The van der Waals surface area contributed by atoms with Gasteiger partial charge in [0.15, 0.2) is 11.2 Å². The van der Waals surface area contributed by atoms with Crippen molar-refractivity contribution < 1.29 is 18.3 Å². The molecule has 1 saturated heterocycles. The molecule has 0 bridgehead atoms. The zero-order valence-electron chi connectivity index (χ0n) is 15.3. The van der Waals surface area contributed by atoms with Crippen LogP contribution in [0.1, 0.15) is 24.3 Å². The molecule has 1 aromatic rings. The van der Waals surface area contributed by atoms with Crippen LogP contribution in [0.4, 0.5) is 8.78 Å². The summed E-state index contributed by atoms with van der Waals surface area (Å²) >= 11 is 0. The van der Waals surface area contributed by atoms with Gasteiger partial charge in [-0.1, -0.05) is 12.1 Å². The molecule has 1 unspecified atom stereocenters. The molecular formula is C21H16F2N4O2. The number of nitrogens with zero attached hydrogens (tertiary/aromatic N) is 3. The van der Waals surface area contributed by atoms with Crippen molar-refractivity contribution in [1.29, 1.82) is 21.2 Å². The molecule has 6 nitrogen and oxygen atoms in total. The van der Waals surface area contributed by atoms with Crippen LogP contribution >= 0.6 is 0 Å². The van der Waals surface area contributed by atoms with Gasteiger partial charge in [-0.15, -0.1) is 0 Å². The van der Waals surface area contributed by atoms with Crippen molar-refractivity contribution >= 4 is 5.71 Å². The van der Waals surface area contributed by atoms with E-state index >= 15 is 0 Å². The Bertz CT molecular complexity index is 1010. The molecule has 0 radical (unpaired) electrons. The van der Waals surface area contributed by atoms with Crippen molar-refractivity contribution in [1.82, 2.24) is 0 Å². The number of halogens is 2. The van der Waals surface area contributed by atoms with E-state index in [2.05, 4.69) is 0 Å². The molecule has 2 aliphatic carbocycles. The number of rotatable bonds is 1. The molecule has 1 aliphatic heterocycles. The zero-order valence-corrected chi connectivity index (χ0v) is 15.3. The molecule has 29 heavy (non-hydrogen) atoms. The van der Waals surface area contributed by atoms with Gasteiger partial charge >= 0.3 is 0 Å². The molecule has 1 heterocycles. The molecule has 2 fully saturated rings. The summed E-state index contributed by atoms with van der Waals surface area (Å²) in [5, 5.41) is 38.0. The molecule has 1 spiro atoms. The van der Waals surface area contributed by atoms with E-state index in [9.17, 15) is 24.6 Å². The maximum Gasteiger partial charge on any atom is 0.189 e. The van der Waals surface area contributed by atoms with Crippen molar-refractivity contribution in [3.05, 3.63) is 47.0 Å². The van der Waals surface area contributed by atoms with E-state index in [1.165, 1.54) is 6.07 Å². The standard InChI is InChI=1S/C21H16F2N4O2/c22-15-2-1-3-16(23)17(15)18-13-8-21(28-6-7-29-21)5-4-12(13)14(9-24)19(27)20(18,10-25)11-26/h1-4,13-14,18,27H,5-8H2/t13-,14?,18-/m0/s1. The van der Waals surface area contributed by atoms with Gasteiger partial charge in [0.2, 0.25) is 0 Å². The average Bonchev–Trinajstić information content (AvgIpc) is 3.16. The molecule has 0 amide bonds. The maximum atomic E-state index is 14.8. The molecule has 8 heteroatoms. The third-order valence-corrected chi connectivity index (χ3v) is 6.13. The Labute approximate surface area is 166 Å². The van der Waals surface area contributed by atoms with Crippen molar-refractivity contribution in [3.8, 4) is 18.2 Å². The van der Waals surface area contributed by atoms with Crippen LogP contribution < -0.4 is 0 Å². The van der Waals surface area contributed by atoms with Gasteiger partial charge < -0.3 is 14.9 Å². The third kappa shape index (κ3) is 2.59. The quantitative estimate of drug-likeness (QED) is 0.734. The first-order chi connectivity index (χ1) is 13.9. The molecule has 146 valence electrons. The SMILES string of the molecule is N#CC1C(=N)C(C#N)(C#N)[C@H](c2c(F)cccc2F)[C@H]2CC3(CC=C12)OCCO3. The maximum absolute atomic E-state index is 14.8. The van der Waals surface area contributed by atoms with Crippen molar-refractivity contribution in [2.75, 3.05) is 13.2 Å². The van der Waals surface area contributed by atoms with Gasteiger partial charge in [-0.25, -0.2) is 8.78 Å². The van der Waals surface area contributed by atoms with Crippen LogP contribution in [0.2, 0.25) is 0 Å². The Kier molecular flexibility index (Phi) is 4.46. The Morgan fingerprint density at radius 2 is 1.69 bits per heavy atom. The van der Waals surface area contributed by atoms with E-state index in [1.54, 1.807) is 6.08 Å². The summed E-state index contributed by atoms with van der Waals surface area (Å²) in [6, 6.07) is 8.94. The number of hydrogen-bond acceptors (Lipinski definition) is 6. The largest absolute Gasteiger partial charge is 0.347 e. The lowest BCUT2D eigenvalue weighted by molar-refractivity contribution is -0.171. The monoisotopic (exact) mass is 394 g/mol. The van der Waals surface area contributed by atoms with Crippen LogP contribution in [0.5, 0.6) is 0 Å². The Morgan fingerprint density at radius 1 is 1.07 bits per heavy atom. The van der Waals surface area contributed by atoms with E-state index in [0.29, 0.717) is 25.2 Å². The van der Waals surface area contributed by atoms with Crippen molar-refractivity contribution in [3.63, 3.8) is 0 Å². The summed E-state index contributed by atoms with van der Waals surface area (Å²) < 4.78 is 41.1. The highest BCUT2D eigenvalue weighted by molar-refractivity contribution is 6.00. The number of allylic oxidation sites excluding steroid dienone is 1.